The third-order valence-corrected chi connectivity index (χ3v) is 6.13. The lowest BCUT2D eigenvalue weighted by atomic mass is 10.0. The van der Waals surface area contributed by atoms with Crippen molar-refractivity contribution >= 4 is 34.7 Å². The monoisotopic (exact) mass is 493 g/mol. The van der Waals surface area contributed by atoms with E-state index in [-0.39, 0.29) is 40.3 Å². The first-order valence-corrected chi connectivity index (χ1v) is 11.3. The van der Waals surface area contributed by atoms with Crippen LogP contribution in [0.15, 0.2) is 30.5 Å². The van der Waals surface area contributed by atoms with Crippen LogP contribution in [0, 0.1) is 12.7 Å². The molecule has 180 valence electrons. The zero-order chi connectivity index (χ0) is 24.4. The quantitative estimate of drug-likeness (QED) is 0.562. The summed E-state index contributed by atoms with van der Waals surface area (Å²) in [6, 6.07) is 4.85. The van der Waals surface area contributed by atoms with E-state index >= 15 is 0 Å². The summed E-state index contributed by atoms with van der Waals surface area (Å²) in [5.41, 5.74) is 0.623. The van der Waals surface area contributed by atoms with Crippen molar-refractivity contribution in [2.24, 2.45) is 0 Å². The minimum Gasteiger partial charge on any atom is -0.349 e. The maximum absolute atomic E-state index is 13.4. The minimum atomic E-state index is -2.77. The summed E-state index contributed by atoms with van der Waals surface area (Å²) in [7, 11) is 0. The third kappa shape index (κ3) is 5.01. The fourth-order valence-corrected chi connectivity index (χ4v) is 4.42. The van der Waals surface area contributed by atoms with Gasteiger partial charge in [-0.3, -0.25) is 9.59 Å². The Morgan fingerprint density at radius 2 is 2.03 bits per heavy atom. The van der Waals surface area contributed by atoms with E-state index in [4.69, 9.17) is 11.6 Å². The molecule has 1 N–H and O–H groups in total. The number of rotatable bonds is 4. The van der Waals surface area contributed by atoms with Crippen LogP contribution in [0.1, 0.15) is 60.3 Å². The first-order valence-electron chi connectivity index (χ1n) is 10.9. The van der Waals surface area contributed by atoms with Gasteiger partial charge in [-0.1, -0.05) is 11.6 Å². The number of halogens is 4. The maximum atomic E-state index is 13.4. The number of hydrogen-bond donors (Lipinski definition) is 1. The SMILES string of the molecule is Cc1cc(C(F)F)n2ncc(C(=O)N[C@@H]3CCCCN(c4ccc(F)cc4Cl)C(=O)CC3)c2n1. The van der Waals surface area contributed by atoms with Crippen LogP contribution in [0.4, 0.5) is 18.9 Å². The molecule has 2 aromatic heterocycles. The normalized spacial score (nSPS) is 17.5. The van der Waals surface area contributed by atoms with E-state index in [1.54, 1.807) is 11.8 Å². The summed E-state index contributed by atoms with van der Waals surface area (Å²) >= 11 is 6.16. The number of fused-ring (bicyclic) bond motifs is 1. The number of nitrogens with zero attached hydrogens (tertiary/aromatic N) is 4. The van der Waals surface area contributed by atoms with Gasteiger partial charge in [0.15, 0.2) is 5.65 Å². The largest absolute Gasteiger partial charge is 0.349 e. The molecule has 11 heteroatoms. The van der Waals surface area contributed by atoms with E-state index in [1.165, 1.54) is 30.5 Å². The maximum Gasteiger partial charge on any atom is 0.280 e. The second kappa shape index (κ2) is 10.0. The molecule has 0 spiro atoms. The van der Waals surface area contributed by atoms with E-state index in [1.807, 2.05) is 0 Å². The van der Waals surface area contributed by atoms with Crippen LogP contribution in [0.2, 0.25) is 5.02 Å². The first kappa shape index (κ1) is 24.0. The third-order valence-electron chi connectivity index (χ3n) is 5.82. The zero-order valence-electron chi connectivity index (χ0n) is 18.4. The second-order valence-electron chi connectivity index (χ2n) is 8.26. The Hall–Kier alpha value is -3.14. The molecule has 4 rings (SSSR count). The van der Waals surface area contributed by atoms with Gasteiger partial charge in [-0.2, -0.15) is 5.10 Å². The van der Waals surface area contributed by atoms with Crippen molar-refractivity contribution < 1.29 is 22.8 Å². The molecule has 0 aliphatic carbocycles. The summed E-state index contributed by atoms with van der Waals surface area (Å²) in [5.74, 6) is -1.14. The number of aromatic nitrogens is 3. The number of hydrogen-bond acceptors (Lipinski definition) is 4. The average molecular weight is 494 g/mol. The molecule has 3 heterocycles. The summed E-state index contributed by atoms with van der Waals surface area (Å²) in [4.78, 5) is 31.6. The van der Waals surface area contributed by atoms with Gasteiger partial charge in [0.25, 0.3) is 12.3 Å². The van der Waals surface area contributed by atoms with Crippen molar-refractivity contribution in [2.75, 3.05) is 11.4 Å². The van der Waals surface area contributed by atoms with Crippen LogP contribution in [-0.2, 0) is 4.79 Å². The second-order valence-corrected chi connectivity index (χ2v) is 8.67. The van der Waals surface area contributed by atoms with Crippen molar-refractivity contribution in [3.05, 3.63) is 58.3 Å². The summed E-state index contributed by atoms with van der Waals surface area (Å²) in [5, 5.41) is 7.00. The van der Waals surface area contributed by atoms with E-state index in [2.05, 4.69) is 15.4 Å². The molecule has 1 aromatic carbocycles. The number of aryl methyl sites for hydroxylation is 1. The predicted octanol–water partition coefficient (Wildman–Crippen LogP) is 4.86. The number of benzene rings is 1. The Balaban J connectivity index is 1.49. The molecule has 0 bridgehead atoms. The highest BCUT2D eigenvalue weighted by Crippen LogP contribution is 2.29. The molecule has 1 atom stereocenters. The van der Waals surface area contributed by atoms with Crippen molar-refractivity contribution in [3.8, 4) is 0 Å². The number of carbonyl (C=O) groups is 2. The van der Waals surface area contributed by atoms with Crippen LogP contribution >= 0.6 is 11.6 Å². The Bertz CT molecular complexity index is 1230. The number of alkyl halides is 2. The molecule has 0 unspecified atom stereocenters. The van der Waals surface area contributed by atoms with Gasteiger partial charge in [-0.15, -0.1) is 0 Å². The Labute approximate surface area is 198 Å². The number of nitrogens with one attached hydrogen (secondary N) is 1. The molecule has 34 heavy (non-hydrogen) atoms. The fraction of sp³-hybridized carbons (Fsp3) is 0.391. The zero-order valence-corrected chi connectivity index (χ0v) is 19.2. The molecule has 3 aromatic rings. The van der Waals surface area contributed by atoms with Gasteiger partial charge < -0.3 is 10.2 Å². The molecule has 1 saturated heterocycles. The van der Waals surface area contributed by atoms with Gasteiger partial charge in [0.05, 0.1) is 16.9 Å². The van der Waals surface area contributed by atoms with E-state index in [0.29, 0.717) is 37.2 Å². The van der Waals surface area contributed by atoms with Crippen molar-refractivity contribution in [1.82, 2.24) is 19.9 Å². The topological polar surface area (TPSA) is 79.6 Å². The van der Waals surface area contributed by atoms with Crippen molar-refractivity contribution in [3.63, 3.8) is 0 Å². The van der Waals surface area contributed by atoms with Crippen molar-refractivity contribution in [1.29, 1.82) is 0 Å². The molecule has 7 nitrogen and oxygen atoms in total. The highest BCUT2D eigenvalue weighted by molar-refractivity contribution is 6.33. The van der Waals surface area contributed by atoms with Crippen LogP contribution in [0.5, 0.6) is 0 Å². The molecular weight excluding hydrogens is 471 g/mol. The van der Waals surface area contributed by atoms with Crippen LogP contribution in [0.25, 0.3) is 5.65 Å². The lowest BCUT2D eigenvalue weighted by molar-refractivity contribution is -0.118. The van der Waals surface area contributed by atoms with Gasteiger partial charge in [0.2, 0.25) is 5.91 Å². The van der Waals surface area contributed by atoms with E-state index in [0.717, 1.165) is 10.9 Å². The molecule has 0 radical (unpaired) electrons. The Morgan fingerprint density at radius 3 is 2.76 bits per heavy atom. The first-order chi connectivity index (χ1) is 16.2. The highest BCUT2D eigenvalue weighted by atomic mass is 35.5. The molecule has 1 fully saturated rings. The standard InChI is InChI=1S/C23H23ClF3N5O2/c1-13-10-19(21(26)27)32-22(29-13)16(12-28-32)23(34)30-15-4-2-3-9-31(20(33)8-6-15)18-7-5-14(25)11-17(18)24/h5,7,10-12,15,21H,2-4,6,8-9H2,1H3,(H,30,34)/t15-/m1/s1. The van der Waals surface area contributed by atoms with Gasteiger partial charge in [-0.25, -0.2) is 22.7 Å². The summed E-state index contributed by atoms with van der Waals surface area (Å²) in [6.07, 6.45) is 1.03. The van der Waals surface area contributed by atoms with Crippen LogP contribution in [0.3, 0.4) is 0 Å². The number of carbonyl (C=O) groups excluding carboxylic acids is 2. The predicted molar refractivity (Wildman–Crippen MR) is 121 cm³/mol. The van der Waals surface area contributed by atoms with Crippen LogP contribution in [-0.4, -0.2) is 39.0 Å². The van der Waals surface area contributed by atoms with E-state index in [9.17, 15) is 22.8 Å². The van der Waals surface area contributed by atoms with Gasteiger partial charge in [0, 0.05) is 24.7 Å². The summed E-state index contributed by atoms with van der Waals surface area (Å²) < 4.78 is 41.1. The smallest absolute Gasteiger partial charge is 0.280 e. The fourth-order valence-electron chi connectivity index (χ4n) is 4.15. The molecule has 1 aliphatic rings. The lowest BCUT2D eigenvalue weighted by Crippen LogP contribution is -2.36. The number of amides is 2. The molecular formula is C23H23ClF3N5O2. The molecule has 0 saturated carbocycles. The van der Waals surface area contributed by atoms with Crippen LogP contribution < -0.4 is 10.2 Å². The van der Waals surface area contributed by atoms with E-state index < -0.39 is 18.1 Å². The van der Waals surface area contributed by atoms with Gasteiger partial charge in [-0.05, 0) is 56.9 Å². The summed E-state index contributed by atoms with van der Waals surface area (Å²) in [6.45, 7) is 2.00. The van der Waals surface area contributed by atoms with Gasteiger partial charge in [0.1, 0.15) is 17.1 Å². The Kier molecular flexibility index (Phi) is 7.06. The average Bonchev–Trinajstić information content (AvgIpc) is 3.22. The number of anilines is 1. The van der Waals surface area contributed by atoms with Gasteiger partial charge >= 0.3 is 0 Å². The Morgan fingerprint density at radius 1 is 1.24 bits per heavy atom. The molecule has 1 aliphatic heterocycles. The van der Waals surface area contributed by atoms with Crippen molar-refractivity contribution in [2.45, 2.75) is 51.5 Å². The lowest BCUT2D eigenvalue weighted by Gasteiger charge is -2.23. The highest BCUT2D eigenvalue weighted by Gasteiger charge is 2.25. The molecule has 2 amide bonds. The minimum absolute atomic E-state index is 0.0593.